The molecule has 2 amide bonds. The highest BCUT2D eigenvalue weighted by Crippen LogP contribution is 2.27. The number of hydrogen-bond acceptors (Lipinski definition) is 2. The van der Waals surface area contributed by atoms with E-state index >= 15 is 0 Å². The van der Waals surface area contributed by atoms with Crippen molar-refractivity contribution in [2.45, 2.75) is 6.92 Å². The van der Waals surface area contributed by atoms with E-state index < -0.39 is 0 Å². The molecule has 5 heteroatoms. The third-order valence-corrected chi connectivity index (χ3v) is 1.94. The molecule has 0 aromatic heterocycles. The molecule has 14 heavy (non-hydrogen) atoms. The first-order valence-electron chi connectivity index (χ1n) is 4.24. The van der Waals surface area contributed by atoms with Gasteiger partial charge in [0.05, 0.1) is 16.4 Å². The molecule has 0 spiro atoms. The molecular formula is C9H12ClN3O. The minimum absolute atomic E-state index is 0.313. The number of nitrogens with one attached hydrogen (secondary N) is 2. The van der Waals surface area contributed by atoms with Crippen LogP contribution >= 0.6 is 11.6 Å². The molecule has 0 radical (unpaired) electrons. The van der Waals surface area contributed by atoms with E-state index in [1.54, 1.807) is 18.2 Å². The van der Waals surface area contributed by atoms with Crippen molar-refractivity contribution in [2.75, 3.05) is 17.6 Å². The maximum Gasteiger partial charge on any atom is 0.319 e. The Bertz CT molecular complexity index is 321. The zero-order valence-corrected chi connectivity index (χ0v) is 8.56. The average molecular weight is 214 g/mol. The second-order valence-corrected chi connectivity index (χ2v) is 3.10. The Morgan fingerprint density at radius 2 is 2.29 bits per heavy atom. The summed E-state index contributed by atoms with van der Waals surface area (Å²) in [4.78, 5) is 11.2. The van der Waals surface area contributed by atoms with E-state index in [1.807, 2.05) is 6.92 Å². The molecule has 0 saturated carbocycles. The van der Waals surface area contributed by atoms with E-state index in [2.05, 4.69) is 10.6 Å². The van der Waals surface area contributed by atoms with Gasteiger partial charge in [-0.05, 0) is 19.1 Å². The summed E-state index contributed by atoms with van der Waals surface area (Å²) in [6, 6.07) is 4.75. The van der Waals surface area contributed by atoms with Gasteiger partial charge in [-0.25, -0.2) is 4.79 Å². The fourth-order valence-corrected chi connectivity index (χ4v) is 1.22. The molecule has 1 aromatic rings. The minimum atomic E-state index is -0.313. The molecule has 0 unspecified atom stereocenters. The topological polar surface area (TPSA) is 67.2 Å². The number of para-hydroxylation sites is 1. The summed E-state index contributed by atoms with van der Waals surface area (Å²) in [6.07, 6.45) is 0. The van der Waals surface area contributed by atoms with Crippen molar-refractivity contribution >= 4 is 29.0 Å². The van der Waals surface area contributed by atoms with E-state index in [9.17, 15) is 4.79 Å². The molecule has 4 N–H and O–H groups in total. The van der Waals surface area contributed by atoms with Gasteiger partial charge >= 0.3 is 6.03 Å². The Balaban J connectivity index is 2.80. The van der Waals surface area contributed by atoms with Crippen molar-refractivity contribution in [1.29, 1.82) is 0 Å². The molecule has 0 heterocycles. The smallest absolute Gasteiger partial charge is 0.319 e. The van der Waals surface area contributed by atoms with Crippen LogP contribution in [0.4, 0.5) is 16.2 Å². The first kappa shape index (κ1) is 10.7. The van der Waals surface area contributed by atoms with Crippen LogP contribution in [0.2, 0.25) is 5.02 Å². The van der Waals surface area contributed by atoms with Gasteiger partial charge < -0.3 is 16.4 Å². The number of carbonyl (C=O) groups is 1. The standard InChI is InChI=1S/C9H12ClN3O/c1-2-12-9(14)13-8-6(10)4-3-5-7(8)11/h3-5H,2,11H2,1H3,(H2,12,13,14). The summed E-state index contributed by atoms with van der Waals surface area (Å²) < 4.78 is 0. The molecule has 0 saturated heterocycles. The Kier molecular flexibility index (Phi) is 3.59. The predicted octanol–water partition coefficient (Wildman–Crippen LogP) is 2.06. The fourth-order valence-electron chi connectivity index (χ4n) is 0.991. The molecule has 1 aromatic carbocycles. The van der Waals surface area contributed by atoms with Gasteiger partial charge in [-0.3, -0.25) is 0 Å². The van der Waals surface area contributed by atoms with E-state index in [4.69, 9.17) is 17.3 Å². The lowest BCUT2D eigenvalue weighted by atomic mass is 10.3. The molecule has 4 nitrogen and oxygen atoms in total. The highest BCUT2D eigenvalue weighted by Gasteiger charge is 2.06. The van der Waals surface area contributed by atoms with Gasteiger partial charge in [0, 0.05) is 6.54 Å². The fraction of sp³-hybridized carbons (Fsp3) is 0.222. The zero-order valence-electron chi connectivity index (χ0n) is 7.80. The van der Waals surface area contributed by atoms with Gasteiger partial charge in [-0.1, -0.05) is 17.7 Å². The lowest BCUT2D eigenvalue weighted by Crippen LogP contribution is -2.28. The molecular weight excluding hydrogens is 202 g/mol. The zero-order chi connectivity index (χ0) is 10.6. The second kappa shape index (κ2) is 4.72. The number of anilines is 2. The van der Waals surface area contributed by atoms with Crippen LogP contribution in [0.15, 0.2) is 18.2 Å². The second-order valence-electron chi connectivity index (χ2n) is 2.69. The lowest BCUT2D eigenvalue weighted by Gasteiger charge is -2.09. The van der Waals surface area contributed by atoms with Gasteiger partial charge in [-0.15, -0.1) is 0 Å². The third-order valence-electron chi connectivity index (χ3n) is 1.62. The van der Waals surface area contributed by atoms with Crippen LogP contribution < -0.4 is 16.4 Å². The number of urea groups is 1. The van der Waals surface area contributed by atoms with Crippen LogP contribution in [0.25, 0.3) is 0 Å². The highest BCUT2D eigenvalue weighted by atomic mass is 35.5. The molecule has 0 atom stereocenters. The Hall–Kier alpha value is -1.42. The van der Waals surface area contributed by atoms with Crippen molar-refractivity contribution in [1.82, 2.24) is 5.32 Å². The van der Waals surface area contributed by atoms with Crippen molar-refractivity contribution in [3.05, 3.63) is 23.2 Å². The number of carbonyl (C=O) groups excluding carboxylic acids is 1. The molecule has 76 valence electrons. The van der Waals surface area contributed by atoms with Gasteiger partial charge in [0.1, 0.15) is 0 Å². The SMILES string of the molecule is CCNC(=O)Nc1c(N)cccc1Cl. The summed E-state index contributed by atoms with van der Waals surface area (Å²) in [5, 5.41) is 5.58. The number of nitrogens with two attached hydrogens (primary N) is 1. The van der Waals surface area contributed by atoms with Crippen LogP contribution in [0.3, 0.4) is 0 Å². The minimum Gasteiger partial charge on any atom is -0.397 e. The van der Waals surface area contributed by atoms with E-state index in [0.717, 1.165) is 0 Å². The van der Waals surface area contributed by atoms with Crippen LogP contribution in [-0.4, -0.2) is 12.6 Å². The monoisotopic (exact) mass is 213 g/mol. The first-order valence-corrected chi connectivity index (χ1v) is 4.61. The number of nitrogen functional groups attached to an aromatic ring is 1. The number of benzene rings is 1. The van der Waals surface area contributed by atoms with Gasteiger partial charge in [0.15, 0.2) is 0 Å². The number of hydrogen-bond donors (Lipinski definition) is 3. The van der Waals surface area contributed by atoms with Gasteiger partial charge in [-0.2, -0.15) is 0 Å². The molecule has 0 aliphatic heterocycles. The normalized spacial score (nSPS) is 9.57. The Labute approximate surface area is 87.4 Å². The number of halogens is 1. The maximum atomic E-state index is 11.2. The van der Waals surface area contributed by atoms with Crippen LogP contribution in [0.1, 0.15) is 6.92 Å². The molecule has 0 bridgehead atoms. The van der Waals surface area contributed by atoms with Crippen LogP contribution in [0.5, 0.6) is 0 Å². The van der Waals surface area contributed by atoms with E-state index in [1.165, 1.54) is 0 Å². The summed E-state index contributed by atoms with van der Waals surface area (Å²) in [5.74, 6) is 0. The Morgan fingerprint density at radius 3 is 2.86 bits per heavy atom. The number of amides is 2. The van der Waals surface area contributed by atoms with Crippen molar-refractivity contribution in [3.63, 3.8) is 0 Å². The molecule has 0 fully saturated rings. The predicted molar refractivity (Wildman–Crippen MR) is 58.6 cm³/mol. The van der Waals surface area contributed by atoms with Gasteiger partial charge in [0.25, 0.3) is 0 Å². The molecule has 1 rings (SSSR count). The average Bonchev–Trinajstić information content (AvgIpc) is 2.12. The van der Waals surface area contributed by atoms with Crippen LogP contribution in [-0.2, 0) is 0 Å². The summed E-state index contributed by atoms with van der Waals surface area (Å²) >= 11 is 5.85. The highest BCUT2D eigenvalue weighted by molar-refractivity contribution is 6.34. The molecule has 0 aliphatic carbocycles. The maximum absolute atomic E-state index is 11.2. The van der Waals surface area contributed by atoms with Crippen molar-refractivity contribution < 1.29 is 4.79 Å². The number of rotatable bonds is 2. The largest absolute Gasteiger partial charge is 0.397 e. The van der Waals surface area contributed by atoms with Crippen LogP contribution in [0, 0.1) is 0 Å². The first-order chi connectivity index (χ1) is 6.65. The lowest BCUT2D eigenvalue weighted by molar-refractivity contribution is 0.252. The summed E-state index contributed by atoms with van der Waals surface area (Å²) in [5.41, 5.74) is 6.53. The quantitative estimate of drug-likeness (QED) is 0.659. The van der Waals surface area contributed by atoms with E-state index in [-0.39, 0.29) is 6.03 Å². The van der Waals surface area contributed by atoms with Crippen molar-refractivity contribution in [3.8, 4) is 0 Å². The summed E-state index contributed by atoms with van der Waals surface area (Å²) in [7, 11) is 0. The third kappa shape index (κ3) is 2.53. The van der Waals surface area contributed by atoms with Crippen molar-refractivity contribution in [2.24, 2.45) is 0 Å². The van der Waals surface area contributed by atoms with Gasteiger partial charge in [0.2, 0.25) is 0 Å². The Morgan fingerprint density at radius 1 is 1.57 bits per heavy atom. The van der Waals surface area contributed by atoms with E-state index in [0.29, 0.717) is 22.9 Å². The molecule has 0 aliphatic rings. The summed E-state index contributed by atoms with van der Waals surface area (Å²) in [6.45, 7) is 2.38.